The van der Waals surface area contributed by atoms with Crippen LogP contribution in [0, 0.1) is 13.8 Å². The Kier molecular flexibility index (Phi) is 4.21. The second-order valence-corrected chi connectivity index (χ2v) is 6.40. The lowest BCUT2D eigenvalue weighted by Gasteiger charge is -2.46. The molecule has 0 saturated carbocycles. The Morgan fingerprint density at radius 3 is 2.74 bits per heavy atom. The van der Waals surface area contributed by atoms with Crippen molar-refractivity contribution in [2.24, 2.45) is 0 Å². The molecule has 0 aromatic heterocycles. The Morgan fingerprint density at radius 1 is 1.42 bits per heavy atom. The minimum atomic E-state index is -0.639. The predicted molar refractivity (Wildman–Crippen MR) is 78.5 cm³/mol. The van der Waals surface area contributed by atoms with Gasteiger partial charge in [-0.25, -0.2) is 0 Å². The number of carbonyl (C=O) groups excluding carboxylic acids is 1. The number of hydrogen-bond donors (Lipinski definition) is 1. The molecule has 1 aliphatic rings. The highest BCUT2D eigenvalue weighted by molar-refractivity contribution is 8.00. The van der Waals surface area contributed by atoms with Crippen molar-refractivity contribution < 1.29 is 9.90 Å². The zero-order valence-corrected chi connectivity index (χ0v) is 12.6. The van der Waals surface area contributed by atoms with Gasteiger partial charge in [-0.3, -0.25) is 4.79 Å². The van der Waals surface area contributed by atoms with E-state index in [1.54, 1.807) is 16.7 Å². The molecule has 0 radical (unpaired) electrons. The van der Waals surface area contributed by atoms with E-state index < -0.39 is 5.60 Å². The summed E-state index contributed by atoms with van der Waals surface area (Å²) >= 11 is 1.58. The van der Waals surface area contributed by atoms with E-state index >= 15 is 0 Å². The molecule has 1 aromatic carbocycles. The average Bonchev–Trinajstić information content (AvgIpc) is 2.35. The normalized spacial score (nSPS) is 17.2. The van der Waals surface area contributed by atoms with Gasteiger partial charge in [0.25, 0.3) is 0 Å². The molecule has 1 saturated heterocycles. The Balaban J connectivity index is 1.86. The fourth-order valence-electron chi connectivity index (χ4n) is 2.16. The van der Waals surface area contributed by atoms with Crippen LogP contribution in [0.2, 0.25) is 0 Å². The molecule has 0 spiro atoms. The number of amides is 1. The molecule has 104 valence electrons. The summed E-state index contributed by atoms with van der Waals surface area (Å²) in [7, 11) is 0. The minimum absolute atomic E-state index is 0.115. The summed E-state index contributed by atoms with van der Waals surface area (Å²) in [6, 6.07) is 6.28. The van der Waals surface area contributed by atoms with Gasteiger partial charge in [-0.05, 0) is 31.9 Å². The summed E-state index contributed by atoms with van der Waals surface area (Å²) < 4.78 is 0. The predicted octanol–water partition coefficient (Wildman–Crippen LogP) is 2.38. The standard InChI is InChI=1S/C15H21NO2S/c1-4-15(18)9-16(10-15)14(17)8-19-13-7-11(2)5-6-12(13)3/h5-7,18H,4,8-10H2,1-3H3. The molecule has 1 N–H and O–H groups in total. The monoisotopic (exact) mass is 279 g/mol. The fraction of sp³-hybridized carbons (Fsp3) is 0.533. The number of benzene rings is 1. The van der Waals surface area contributed by atoms with Crippen LogP contribution < -0.4 is 0 Å². The van der Waals surface area contributed by atoms with E-state index in [0.29, 0.717) is 25.3 Å². The summed E-state index contributed by atoms with van der Waals surface area (Å²) in [5, 5.41) is 9.90. The molecular weight excluding hydrogens is 258 g/mol. The molecule has 3 nitrogen and oxygen atoms in total. The van der Waals surface area contributed by atoms with Gasteiger partial charge in [-0.15, -0.1) is 11.8 Å². The van der Waals surface area contributed by atoms with Crippen LogP contribution >= 0.6 is 11.8 Å². The molecule has 1 fully saturated rings. The van der Waals surface area contributed by atoms with Crippen molar-refractivity contribution in [1.82, 2.24) is 4.90 Å². The maximum atomic E-state index is 12.0. The molecule has 0 aliphatic carbocycles. The molecule has 0 unspecified atom stereocenters. The number of carbonyl (C=O) groups is 1. The minimum Gasteiger partial charge on any atom is -0.386 e. The van der Waals surface area contributed by atoms with Crippen molar-refractivity contribution in [3.8, 4) is 0 Å². The van der Waals surface area contributed by atoms with E-state index in [1.165, 1.54) is 16.0 Å². The third kappa shape index (κ3) is 3.31. The van der Waals surface area contributed by atoms with Crippen LogP contribution in [0.5, 0.6) is 0 Å². The van der Waals surface area contributed by atoms with Gasteiger partial charge < -0.3 is 10.0 Å². The first-order valence-corrected chi connectivity index (χ1v) is 7.62. The summed E-state index contributed by atoms with van der Waals surface area (Å²) in [5.41, 5.74) is 1.78. The van der Waals surface area contributed by atoms with Gasteiger partial charge in [-0.1, -0.05) is 24.6 Å². The molecule has 2 rings (SSSR count). The molecule has 1 amide bonds. The smallest absolute Gasteiger partial charge is 0.233 e. The summed E-state index contributed by atoms with van der Waals surface area (Å²) in [5.74, 6) is 0.563. The van der Waals surface area contributed by atoms with Crippen molar-refractivity contribution in [3.63, 3.8) is 0 Å². The van der Waals surface area contributed by atoms with Crippen LogP contribution in [0.3, 0.4) is 0 Å². The van der Waals surface area contributed by atoms with E-state index in [9.17, 15) is 9.90 Å². The molecule has 0 bridgehead atoms. The lowest BCUT2D eigenvalue weighted by Crippen LogP contribution is -2.63. The van der Waals surface area contributed by atoms with E-state index in [-0.39, 0.29) is 5.91 Å². The highest BCUT2D eigenvalue weighted by atomic mass is 32.2. The number of aliphatic hydroxyl groups is 1. The topological polar surface area (TPSA) is 40.5 Å². The van der Waals surface area contributed by atoms with Crippen LogP contribution in [0.1, 0.15) is 24.5 Å². The maximum Gasteiger partial charge on any atom is 0.233 e. The summed E-state index contributed by atoms with van der Waals surface area (Å²) in [6.07, 6.45) is 0.709. The largest absolute Gasteiger partial charge is 0.386 e. The van der Waals surface area contributed by atoms with Gasteiger partial charge in [0.1, 0.15) is 0 Å². The molecular formula is C15H21NO2S. The number of thioether (sulfide) groups is 1. The van der Waals surface area contributed by atoms with Gasteiger partial charge in [0.05, 0.1) is 24.4 Å². The van der Waals surface area contributed by atoms with Crippen molar-refractivity contribution in [2.75, 3.05) is 18.8 Å². The van der Waals surface area contributed by atoms with Crippen LogP contribution in [-0.2, 0) is 4.79 Å². The SMILES string of the molecule is CCC1(O)CN(C(=O)CSc2cc(C)ccc2C)C1. The van der Waals surface area contributed by atoms with Gasteiger partial charge in [0.15, 0.2) is 0 Å². The molecule has 1 aliphatic heterocycles. The van der Waals surface area contributed by atoms with Crippen LogP contribution in [0.25, 0.3) is 0 Å². The Morgan fingerprint density at radius 2 is 2.11 bits per heavy atom. The zero-order chi connectivity index (χ0) is 14.0. The first-order chi connectivity index (χ1) is 8.93. The maximum absolute atomic E-state index is 12.0. The lowest BCUT2D eigenvalue weighted by molar-refractivity contribution is -0.152. The Labute approximate surface area is 119 Å². The molecule has 19 heavy (non-hydrogen) atoms. The van der Waals surface area contributed by atoms with Crippen LogP contribution in [0.4, 0.5) is 0 Å². The number of hydrogen-bond acceptors (Lipinski definition) is 3. The van der Waals surface area contributed by atoms with Gasteiger partial charge in [-0.2, -0.15) is 0 Å². The molecule has 1 aromatic rings. The van der Waals surface area contributed by atoms with E-state index in [2.05, 4.69) is 32.0 Å². The fourth-order valence-corrected chi connectivity index (χ4v) is 3.18. The number of likely N-dealkylation sites (tertiary alicyclic amines) is 1. The third-order valence-electron chi connectivity index (χ3n) is 3.68. The van der Waals surface area contributed by atoms with Crippen LogP contribution in [0.15, 0.2) is 23.1 Å². The lowest BCUT2D eigenvalue weighted by atomic mass is 9.91. The highest BCUT2D eigenvalue weighted by Gasteiger charge is 2.41. The van der Waals surface area contributed by atoms with E-state index in [1.807, 2.05) is 6.92 Å². The summed E-state index contributed by atoms with van der Waals surface area (Å²) in [6.45, 7) is 7.03. The number of nitrogens with zero attached hydrogens (tertiary/aromatic N) is 1. The highest BCUT2D eigenvalue weighted by Crippen LogP contribution is 2.27. The quantitative estimate of drug-likeness (QED) is 0.860. The first kappa shape index (κ1) is 14.4. The number of rotatable bonds is 4. The van der Waals surface area contributed by atoms with Gasteiger partial charge >= 0.3 is 0 Å². The van der Waals surface area contributed by atoms with Gasteiger partial charge in [0, 0.05) is 4.90 Å². The Hall–Kier alpha value is -1.00. The molecule has 0 atom stereocenters. The summed E-state index contributed by atoms with van der Waals surface area (Å²) in [4.78, 5) is 14.9. The van der Waals surface area contributed by atoms with Crippen molar-refractivity contribution in [2.45, 2.75) is 37.7 Å². The molecule has 1 heterocycles. The van der Waals surface area contributed by atoms with Crippen LogP contribution in [-0.4, -0.2) is 40.4 Å². The van der Waals surface area contributed by atoms with E-state index in [0.717, 1.165) is 0 Å². The second-order valence-electron chi connectivity index (χ2n) is 5.39. The van der Waals surface area contributed by atoms with Crippen molar-refractivity contribution in [3.05, 3.63) is 29.3 Å². The van der Waals surface area contributed by atoms with Crippen molar-refractivity contribution in [1.29, 1.82) is 0 Å². The van der Waals surface area contributed by atoms with E-state index in [4.69, 9.17) is 0 Å². The first-order valence-electron chi connectivity index (χ1n) is 6.64. The number of aryl methyl sites for hydroxylation is 2. The Bertz CT molecular complexity index is 481. The zero-order valence-electron chi connectivity index (χ0n) is 11.8. The van der Waals surface area contributed by atoms with Crippen molar-refractivity contribution >= 4 is 17.7 Å². The third-order valence-corrected chi connectivity index (χ3v) is 4.82. The average molecular weight is 279 g/mol. The van der Waals surface area contributed by atoms with Gasteiger partial charge in [0.2, 0.25) is 5.91 Å². The second kappa shape index (κ2) is 5.55. The number of β-amino-alcohol motifs (C(OH)–C–C–N with tert-alkyl or cyclic N) is 1. The molecule has 4 heteroatoms.